The van der Waals surface area contributed by atoms with Gasteiger partial charge >= 0.3 is 0 Å². The Morgan fingerprint density at radius 1 is 1.50 bits per heavy atom. The van der Waals surface area contributed by atoms with E-state index in [2.05, 4.69) is 5.32 Å². The van der Waals surface area contributed by atoms with Crippen LogP contribution in [0.5, 0.6) is 0 Å². The van der Waals surface area contributed by atoms with Crippen molar-refractivity contribution in [2.75, 3.05) is 18.6 Å². The zero-order valence-corrected chi connectivity index (χ0v) is 9.43. The van der Waals surface area contributed by atoms with Crippen LogP contribution in [0.2, 0.25) is 0 Å². The molecule has 0 aliphatic heterocycles. The summed E-state index contributed by atoms with van der Waals surface area (Å²) in [5, 5.41) is 3.02. The molecular weight excluding hydrogens is 204 g/mol. The Bertz CT molecular complexity index is 274. The Balaban J connectivity index is 3.50. The van der Waals surface area contributed by atoms with Crippen molar-refractivity contribution in [2.24, 2.45) is 5.73 Å². The van der Waals surface area contributed by atoms with Gasteiger partial charge in [0.2, 0.25) is 5.91 Å². The zero-order chi connectivity index (χ0) is 11.2. The van der Waals surface area contributed by atoms with E-state index in [-0.39, 0.29) is 24.1 Å². The third kappa shape index (κ3) is 9.47. The minimum atomic E-state index is -2.88. The van der Waals surface area contributed by atoms with Gasteiger partial charge in [-0.25, -0.2) is 8.42 Å². The fourth-order valence-corrected chi connectivity index (χ4v) is 1.73. The average Bonchev–Trinajstić information content (AvgIpc) is 1.95. The molecule has 1 amide bonds. The van der Waals surface area contributed by atoms with E-state index < -0.39 is 9.84 Å². The Kier molecular flexibility index (Phi) is 5.71. The van der Waals surface area contributed by atoms with Crippen molar-refractivity contribution in [1.82, 2.24) is 5.32 Å². The number of amides is 1. The molecule has 0 spiro atoms. The van der Waals surface area contributed by atoms with Crippen LogP contribution in [0, 0.1) is 0 Å². The van der Waals surface area contributed by atoms with Crippen molar-refractivity contribution < 1.29 is 13.2 Å². The number of rotatable bonds is 7. The number of hydrogen-bond donors (Lipinski definition) is 2. The Morgan fingerprint density at radius 2 is 2.07 bits per heavy atom. The molecule has 3 N–H and O–H groups in total. The minimum absolute atomic E-state index is 0.00654. The highest BCUT2D eigenvalue weighted by Crippen LogP contribution is 1.91. The van der Waals surface area contributed by atoms with Crippen LogP contribution in [0.25, 0.3) is 0 Å². The second-order valence-corrected chi connectivity index (χ2v) is 5.77. The maximum Gasteiger partial charge on any atom is 0.218 e. The van der Waals surface area contributed by atoms with Gasteiger partial charge in [-0.15, -0.1) is 0 Å². The van der Waals surface area contributed by atoms with Gasteiger partial charge in [0.1, 0.15) is 9.84 Å². The first-order chi connectivity index (χ1) is 6.31. The number of carbonyl (C=O) groups excluding carboxylic acids is 1. The third-order valence-electron chi connectivity index (χ3n) is 1.69. The van der Waals surface area contributed by atoms with Gasteiger partial charge in [-0.2, -0.15) is 0 Å². The van der Waals surface area contributed by atoms with Crippen molar-refractivity contribution in [1.29, 1.82) is 0 Å². The molecule has 0 heterocycles. The first-order valence-corrected chi connectivity index (χ1v) is 6.56. The number of hydrogen-bond acceptors (Lipinski definition) is 4. The zero-order valence-electron chi connectivity index (χ0n) is 8.62. The van der Waals surface area contributed by atoms with Crippen LogP contribution in [0.3, 0.4) is 0 Å². The molecule has 1 atom stereocenters. The fraction of sp³-hybridized carbons (Fsp3) is 0.875. The van der Waals surface area contributed by atoms with Crippen LogP contribution in [0.15, 0.2) is 0 Å². The van der Waals surface area contributed by atoms with E-state index in [1.54, 1.807) is 0 Å². The predicted molar refractivity (Wildman–Crippen MR) is 55.6 cm³/mol. The van der Waals surface area contributed by atoms with Gasteiger partial charge in [0.15, 0.2) is 0 Å². The molecule has 0 aliphatic carbocycles. The highest BCUT2D eigenvalue weighted by molar-refractivity contribution is 7.90. The molecule has 0 saturated heterocycles. The van der Waals surface area contributed by atoms with Gasteiger partial charge < -0.3 is 11.1 Å². The van der Waals surface area contributed by atoms with E-state index in [0.717, 1.165) is 0 Å². The van der Waals surface area contributed by atoms with E-state index in [1.807, 2.05) is 6.92 Å². The highest BCUT2D eigenvalue weighted by Gasteiger charge is 2.05. The molecule has 14 heavy (non-hydrogen) atoms. The molecule has 0 bridgehead atoms. The molecular formula is C8H18N2O3S. The van der Waals surface area contributed by atoms with Crippen molar-refractivity contribution >= 4 is 15.7 Å². The summed E-state index contributed by atoms with van der Waals surface area (Å²) in [6.07, 6.45) is 2.04. The number of nitrogens with two attached hydrogens (primary N) is 1. The number of primary amides is 1. The molecule has 0 rings (SSSR count). The molecule has 6 heteroatoms. The van der Waals surface area contributed by atoms with Crippen LogP contribution < -0.4 is 11.1 Å². The van der Waals surface area contributed by atoms with Gasteiger partial charge in [-0.3, -0.25) is 4.79 Å². The molecule has 5 nitrogen and oxygen atoms in total. The van der Waals surface area contributed by atoms with Gasteiger partial charge in [-0.1, -0.05) is 0 Å². The molecule has 0 radical (unpaired) electrons. The first-order valence-electron chi connectivity index (χ1n) is 4.50. The predicted octanol–water partition coefficient (Wildman–Crippen LogP) is -0.725. The van der Waals surface area contributed by atoms with Crippen LogP contribution in [-0.2, 0) is 14.6 Å². The highest BCUT2D eigenvalue weighted by atomic mass is 32.2. The summed E-state index contributed by atoms with van der Waals surface area (Å²) < 4.78 is 21.5. The molecule has 0 aromatic heterocycles. The van der Waals surface area contributed by atoms with Crippen molar-refractivity contribution in [3.8, 4) is 0 Å². The maximum absolute atomic E-state index is 10.8. The van der Waals surface area contributed by atoms with Crippen LogP contribution in [0.4, 0.5) is 0 Å². The van der Waals surface area contributed by atoms with Gasteiger partial charge in [0.05, 0.1) is 5.75 Å². The molecule has 84 valence electrons. The second-order valence-electron chi connectivity index (χ2n) is 3.51. The third-order valence-corrected chi connectivity index (χ3v) is 2.72. The van der Waals surface area contributed by atoms with E-state index in [1.165, 1.54) is 6.26 Å². The summed E-state index contributed by atoms with van der Waals surface area (Å²) in [4.78, 5) is 10.5. The Hall–Kier alpha value is -0.620. The Labute approximate surface area is 85.0 Å². The number of nitrogens with one attached hydrogen (secondary N) is 1. The largest absolute Gasteiger partial charge is 0.370 e. The normalized spacial score (nSPS) is 13.9. The summed E-state index contributed by atoms with van der Waals surface area (Å²) in [5.74, 6) is -0.184. The summed E-state index contributed by atoms with van der Waals surface area (Å²) in [6.45, 7) is 2.42. The van der Waals surface area contributed by atoms with Crippen molar-refractivity contribution in [2.45, 2.75) is 25.8 Å². The average molecular weight is 222 g/mol. The SMILES string of the molecule is CC(CC(N)=O)NCCCS(C)(=O)=O. The molecule has 0 fully saturated rings. The molecule has 0 aromatic rings. The monoisotopic (exact) mass is 222 g/mol. The van der Waals surface area contributed by atoms with Gasteiger partial charge in [-0.05, 0) is 19.9 Å². The lowest BCUT2D eigenvalue weighted by molar-refractivity contribution is -0.118. The van der Waals surface area contributed by atoms with Crippen molar-refractivity contribution in [3.05, 3.63) is 0 Å². The minimum Gasteiger partial charge on any atom is -0.370 e. The standard InChI is InChI=1S/C8H18N2O3S/c1-7(6-8(9)11)10-4-3-5-14(2,12)13/h7,10H,3-6H2,1-2H3,(H2,9,11). The number of sulfone groups is 1. The van der Waals surface area contributed by atoms with Crippen LogP contribution >= 0.6 is 0 Å². The summed E-state index contributed by atoms with van der Waals surface area (Å²) in [5.41, 5.74) is 4.99. The lowest BCUT2D eigenvalue weighted by Gasteiger charge is -2.10. The van der Waals surface area contributed by atoms with E-state index in [9.17, 15) is 13.2 Å². The summed E-state index contributed by atoms with van der Waals surface area (Å²) >= 11 is 0. The Morgan fingerprint density at radius 3 is 2.50 bits per heavy atom. The van der Waals surface area contributed by atoms with Crippen LogP contribution in [0.1, 0.15) is 19.8 Å². The molecule has 0 aromatic carbocycles. The first kappa shape index (κ1) is 13.4. The smallest absolute Gasteiger partial charge is 0.218 e. The van der Waals surface area contributed by atoms with E-state index in [0.29, 0.717) is 13.0 Å². The van der Waals surface area contributed by atoms with Gasteiger partial charge in [0.25, 0.3) is 0 Å². The maximum atomic E-state index is 10.8. The van der Waals surface area contributed by atoms with Crippen LogP contribution in [-0.4, -0.2) is 38.9 Å². The van der Waals surface area contributed by atoms with Gasteiger partial charge in [0, 0.05) is 18.7 Å². The lowest BCUT2D eigenvalue weighted by atomic mass is 10.2. The lowest BCUT2D eigenvalue weighted by Crippen LogP contribution is -2.32. The van der Waals surface area contributed by atoms with E-state index in [4.69, 9.17) is 5.73 Å². The molecule has 0 saturated carbocycles. The number of carbonyl (C=O) groups is 1. The van der Waals surface area contributed by atoms with Crippen molar-refractivity contribution in [3.63, 3.8) is 0 Å². The second kappa shape index (κ2) is 5.98. The molecule has 1 unspecified atom stereocenters. The summed E-state index contributed by atoms with van der Waals surface area (Å²) in [7, 11) is -2.88. The molecule has 0 aliphatic rings. The summed E-state index contributed by atoms with van der Waals surface area (Å²) in [6, 6.07) is 0.00654. The fourth-order valence-electron chi connectivity index (χ4n) is 1.06. The topological polar surface area (TPSA) is 89.3 Å². The quantitative estimate of drug-likeness (QED) is 0.556. The van der Waals surface area contributed by atoms with E-state index >= 15 is 0 Å².